The maximum Gasteiger partial charge on any atom is 0.435 e. The van der Waals surface area contributed by atoms with Gasteiger partial charge >= 0.3 is 6.18 Å². The van der Waals surface area contributed by atoms with E-state index in [1.54, 1.807) is 0 Å². The Kier molecular flexibility index (Phi) is 4.79. The van der Waals surface area contributed by atoms with Crippen molar-refractivity contribution in [3.8, 4) is 0 Å². The Balaban J connectivity index is 1.12. The Bertz CT molecular complexity index is 1060. The van der Waals surface area contributed by atoms with Crippen LogP contribution in [0.15, 0.2) is 36.4 Å². The minimum Gasteiger partial charge on any atom is -0.353 e. The van der Waals surface area contributed by atoms with E-state index in [2.05, 4.69) is 25.5 Å². The molecule has 1 amide bonds. The third-order valence-electron chi connectivity index (χ3n) is 5.95. The lowest BCUT2D eigenvalue weighted by atomic mass is 10.2. The van der Waals surface area contributed by atoms with Crippen LogP contribution < -0.4 is 10.2 Å². The van der Waals surface area contributed by atoms with Gasteiger partial charge in [0.1, 0.15) is 5.82 Å². The summed E-state index contributed by atoms with van der Waals surface area (Å²) in [6.45, 7) is 1.11. The number of alkyl halides is 3. The fraction of sp³-hybridized carbons (Fsp3) is 0.429. The number of nitrogens with zero attached hydrogens (tertiary/aromatic N) is 4. The summed E-state index contributed by atoms with van der Waals surface area (Å²) in [7, 11) is 0. The molecule has 10 heteroatoms. The zero-order valence-electron chi connectivity index (χ0n) is 16.6. The second-order valence-electron chi connectivity index (χ2n) is 8.22. The molecular weight excluding hydrogens is 409 g/mol. The summed E-state index contributed by atoms with van der Waals surface area (Å²) in [5.74, 6) is 1.87. The highest BCUT2D eigenvalue weighted by atomic mass is 19.4. The Hall–Kier alpha value is -3.17. The second kappa shape index (κ2) is 7.51. The van der Waals surface area contributed by atoms with Gasteiger partial charge in [-0.25, -0.2) is 4.98 Å². The van der Waals surface area contributed by atoms with E-state index in [0.29, 0.717) is 31.7 Å². The number of halogens is 3. The van der Waals surface area contributed by atoms with Crippen molar-refractivity contribution in [3.05, 3.63) is 47.9 Å². The Morgan fingerprint density at radius 1 is 1.19 bits per heavy atom. The molecule has 5 rings (SSSR count). The topological polar surface area (TPSA) is 86.8 Å². The van der Waals surface area contributed by atoms with Crippen molar-refractivity contribution in [2.45, 2.75) is 37.4 Å². The molecular formula is C21H21F3N6O. The van der Waals surface area contributed by atoms with Gasteiger partial charge in [0.15, 0.2) is 11.5 Å². The average molecular weight is 430 g/mol. The number of hydrogen-bond acceptors (Lipinski definition) is 5. The number of para-hydroxylation sites is 2. The Morgan fingerprint density at radius 3 is 2.77 bits per heavy atom. The number of anilines is 1. The highest BCUT2D eigenvalue weighted by molar-refractivity contribution is 5.78. The molecule has 3 heterocycles. The zero-order chi connectivity index (χ0) is 21.6. The third kappa shape index (κ3) is 4.19. The molecule has 31 heavy (non-hydrogen) atoms. The fourth-order valence-electron chi connectivity index (χ4n) is 4.21. The summed E-state index contributed by atoms with van der Waals surface area (Å²) in [5.41, 5.74) is 0.929. The van der Waals surface area contributed by atoms with E-state index in [-0.39, 0.29) is 23.8 Å². The lowest BCUT2D eigenvalue weighted by Gasteiger charge is -2.18. The van der Waals surface area contributed by atoms with Crippen LogP contribution in [0.25, 0.3) is 11.0 Å². The van der Waals surface area contributed by atoms with Gasteiger partial charge in [-0.1, -0.05) is 12.1 Å². The number of carbonyl (C=O) groups is 1. The van der Waals surface area contributed by atoms with Gasteiger partial charge in [0.05, 0.1) is 11.0 Å². The van der Waals surface area contributed by atoms with E-state index in [9.17, 15) is 18.0 Å². The first kappa shape index (κ1) is 19.8. The summed E-state index contributed by atoms with van der Waals surface area (Å²) in [5, 5.41) is 10.0. The van der Waals surface area contributed by atoms with Gasteiger partial charge in [0.25, 0.3) is 0 Å². The highest BCUT2D eigenvalue weighted by Crippen LogP contribution is 2.48. The number of H-pyrrole nitrogens is 1. The maximum absolute atomic E-state index is 12.6. The predicted octanol–water partition coefficient (Wildman–Crippen LogP) is 3.26. The number of carbonyl (C=O) groups excluding carboxylic acids is 1. The van der Waals surface area contributed by atoms with Crippen molar-refractivity contribution in [2.24, 2.45) is 5.92 Å². The summed E-state index contributed by atoms with van der Waals surface area (Å²) in [6.07, 6.45) is -2.41. The van der Waals surface area contributed by atoms with Gasteiger partial charge in [-0.05, 0) is 43.0 Å². The first-order chi connectivity index (χ1) is 14.9. The summed E-state index contributed by atoms with van der Waals surface area (Å²) in [4.78, 5) is 22.3. The van der Waals surface area contributed by atoms with Crippen LogP contribution in [-0.4, -0.2) is 45.2 Å². The molecule has 0 unspecified atom stereocenters. The van der Waals surface area contributed by atoms with Crippen molar-refractivity contribution < 1.29 is 18.0 Å². The number of nitrogens with one attached hydrogen (secondary N) is 2. The summed E-state index contributed by atoms with van der Waals surface area (Å²) >= 11 is 0. The Labute approximate surface area is 176 Å². The second-order valence-corrected chi connectivity index (χ2v) is 8.22. The number of rotatable bonds is 5. The number of amides is 1. The quantitative estimate of drug-likeness (QED) is 0.649. The predicted molar refractivity (Wildman–Crippen MR) is 107 cm³/mol. The van der Waals surface area contributed by atoms with E-state index < -0.39 is 11.9 Å². The van der Waals surface area contributed by atoms with Crippen LogP contribution in [0.5, 0.6) is 0 Å². The summed E-state index contributed by atoms with van der Waals surface area (Å²) < 4.78 is 37.9. The maximum atomic E-state index is 12.6. The first-order valence-corrected chi connectivity index (χ1v) is 10.3. The van der Waals surface area contributed by atoms with Crippen LogP contribution in [0.3, 0.4) is 0 Å². The molecule has 0 radical (unpaired) electrons. The van der Waals surface area contributed by atoms with Crippen LogP contribution in [-0.2, 0) is 11.0 Å². The smallest absolute Gasteiger partial charge is 0.353 e. The molecule has 1 aromatic carbocycles. The molecule has 3 aromatic rings. The molecule has 1 saturated carbocycles. The minimum atomic E-state index is -4.50. The van der Waals surface area contributed by atoms with Crippen molar-refractivity contribution in [1.29, 1.82) is 0 Å². The van der Waals surface area contributed by atoms with Gasteiger partial charge in [-0.3, -0.25) is 4.79 Å². The van der Waals surface area contributed by atoms with E-state index >= 15 is 0 Å². The van der Waals surface area contributed by atoms with Crippen LogP contribution in [0.4, 0.5) is 19.0 Å². The molecule has 3 atom stereocenters. The van der Waals surface area contributed by atoms with E-state index in [1.165, 1.54) is 6.07 Å². The van der Waals surface area contributed by atoms with Crippen LogP contribution >= 0.6 is 0 Å². The van der Waals surface area contributed by atoms with Crippen molar-refractivity contribution >= 4 is 22.8 Å². The minimum absolute atomic E-state index is 0.00559. The van der Waals surface area contributed by atoms with Gasteiger partial charge in [-0.15, -0.1) is 10.2 Å². The zero-order valence-corrected chi connectivity index (χ0v) is 16.6. The van der Waals surface area contributed by atoms with Crippen LogP contribution in [0.1, 0.15) is 36.7 Å². The largest absolute Gasteiger partial charge is 0.435 e. The molecule has 7 nitrogen and oxygen atoms in total. The monoisotopic (exact) mass is 430 g/mol. The molecule has 1 aliphatic carbocycles. The van der Waals surface area contributed by atoms with Crippen molar-refractivity contribution in [2.75, 3.05) is 18.0 Å². The molecule has 2 aliphatic rings. The SMILES string of the molecule is O=C(C[C@@H]1C[C@@H]1c1nc2ccccc2[nH]1)N[C@@H]1CCN(c2ccc(C(F)(F)F)nn2)C1. The van der Waals surface area contributed by atoms with Crippen molar-refractivity contribution in [1.82, 2.24) is 25.5 Å². The fourth-order valence-corrected chi connectivity index (χ4v) is 4.21. The lowest BCUT2D eigenvalue weighted by Crippen LogP contribution is -2.37. The molecule has 2 N–H and O–H groups in total. The molecule has 162 valence electrons. The number of imidazole rings is 1. The standard InChI is InChI=1S/C21H21F3N6O/c22-21(23,24)17-5-6-18(29-28-17)30-8-7-13(11-30)25-19(31)10-12-9-14(12)20-26-15-3-1-2-4-16(15)27-20/h1-6,12-14H,7-11H2,(H,25,31)(H,26,27)/t12-,13+,14-/m0/s1. The van der Waals surface area contributed by atoms with Crippen LogP contribution in [0, 0.1) is 5.92 Å². The molecule has 1 saturated heterocycles. The van der Waals surface area contributed by atoms with E-state index in [1.807, 2.05) is 29.2 Å². The van der Waals surface area contributed by atoms with Crippen molar-refractivity contribution in [3.63, 3.8) is 0 Å². The Morgan fingerprint density at radius 2 is 2.03 bits per heavy atom. The number of benzene rings is 1. The van der Waals surface area contributed by atoms with E-state index in [0.717, 1.165) is 29.3 Å². The molecule has 2 fully saturated rings. The highest BCUT2D eigenvalue weighted by Gasteiger charge is 2.42. The van der Waals surface area contributed by atoms with Gasteiger partial charge < -0.3 is 15.2 Å². The average Bonchev–Trinajstić information content (AvgIpc) is 3.14. The molecule has 0 spiro atoms. The normalized spacial score (nSPS) is 23.3. The molecule has 2 aromatic heterocycles. The number of hydrogen-bond donors (Lipinski definition) is 2. The number of aromatic nitrogens is 4. The van der Waals surface area contributed by atoms with Gasteiger partial charge in [0.2, 0.25) is 5.91 Å². The van der Waals surface area contributed by atoms with E-state index in [4.69, 9.17) is 0 Å². The number of fused-ring (bicyclic) bond motifs is 1. The van der Waals surface area contributed by atoms with Crippen LogP contribution in [0.2, 0.25) is 0 Å². The van der Waals surface area contributed by atoms with Gasteiger partial charge in [0, 0.05) is 31.5 Å². The third-order valence-corrected chi connectivity index (χ3v) is 5.95. The molecule has 1 aliphatic heterocycles. The van der Waals surface area contributed by atoms with Gasteiger partial charge in [-0.2, -0.15) is 13.2 Å². The number of aromatic amines is 1. The lowest BCUT2D eigenvalue weighted by molar-refractivity contribution is -0.141. The molecule has 0 bridgehead atoms. The summed E-state index contributed by atoms with van der Waals surface area (Å²) in [6, 6.07) is 10.1. The first-order valence-electron chi connectivity index (χ1n) is 10.3.